The predicted octanol–water partition coefficient (Wildman–Crippen LogP) is 4.19. The standard InChI is InChI=1S/C21H21NO3/c23-20(15-25-21(24)14-16-8-4-5-9-16)22-19-13-7-6-12-18(19)17-10-2-1-3-11-17/h1-4,6-8,10-13,16H,5,9,14-15H2,(H,22,23)/t16-/m0/s1. The van der Waals surface area contributed by atoms with Crippen LogP contribution in [0.1, 0.15) is 19.3 Å². The van der Waals surface area contributed by atoms with Crippen LogP contribution in [0.5, 0.6) is 0 Å². The summed E-state index contributed by atoms with van der Waals surface area (Å²) in [5.74, 6) is -0.420. The Balaban J connectivity index is 1.56. The number of anilines is 1. The van der Waals surface area contributed by atoms with Crippen LogP contribution in [0.2, 0.25) is 0 Å². The van der Waals surface area contributed by atoms with Gasteiger partial charge in [-0.1, -0.05) is 60.7 Å². The molecule has 1 N–H and O–H groups in total. The zero-order chi connectivity index (χ0) is 17.5. The molecule has 0 saturated carbocycles. The van der Waals surface area contributed by atoms with Crippen molar-refractivity contribution < 1.29 is 14.3 Å². The molecule has 1 aliphatic carbocycles. The van der Waals surface area contributed by atoms with Crippen LogP contribution in [0, 0.1) is 5.92 Å². The molecule has 0 radical (unpaired) electrons. The number of benzene rings is 2. The number of hydrogen-bond donors (Lipinski definition) is 1. The van der Waals surface area contributed by atoms with Crippen LogP contribution in [0.3, 0.4) is 0 Å². The number of carbonyl (C=O) groups excluding carboxylic acids is 2. The summed E-state index contributed by atoms with van der Waals surface area (Å²) in [4.78, 5) is 23.9. The molecule has 0 aliphatic heterocycles. The largest absolute Gasteiger partial charge is 0.456 e. The Morgan fingerprint density at radius 1 is 1.04 bits per heavy atom. The van der Waals surface area contributed by atoms with Gasteiger partial charge < -0.3 is 10.1 Å². The maximum atomic E-state index is 12.1. The molecule has 128 valence electrons. The SMILES string of the molecule is O=C(COC(=O)C[C@H]1C=CCC1)Nc1ccccc1-c1ccccc1. The predicted molar refractivity (Wildman–Crippen MR) is 97.9 cm³/mol. The van der Waals surface area contributed by atoms with Gasteiger partial charge in [0.25, 0.3) is 5.91 Å². The third-order valence-corrected chi connectivity index (χ3v) is 4.19. The Morgan fingerprint density at radius 3 is 2.56 bits per heavy atom. The first-order valence-electron chi connectivity index (χ1n) is 8.49. The van der Waals surface area contributed by atoms with Crippen LogP contribution >= 0.6 is 0 Å². The zero-order valence-electron chi connectivity index (χ0n) is 14.0. The number of nitrogens with one attached hydrogen (secondary N) is 1. The number of carbonyl (C=O) groups is 2. The second-order valence-electron chi connectivity index (χ2n) is 6.09. The van der Waals surface area contributed by atoms with E-state index < -0.39 is 0 Å². The van der Waals surface area contributed by atoms with Crippen molar-refractivity contribution in [2.45, 2.75) is 19.3 Å². The van der Waals surface area contributed by atoms with E-state index in [1.54, 1.807) is 0 Å². The molecular weight excluding hydrogens is 314 g/mol. The highest BCUT2D eigenvalue weighted by Crippen LogP contribution is 2.27. The summed E-state index contributed by atoms with van der Waals surface area (Å²) in [6, 6.07) is 17.4. The lowest BCUT2D eigenvalue weighted by molar-refractivity contribution is -0.147. The number of para-hydroxylation sites is 1. The number of allylic oxidation sites excluding steroid dienone is 2. The van der Waals surface area contributed by atoms with E-state index in [4.69, 9.17) is 4.74 Å². The number of esters is 1. The minimum atomic E-state index is -0.335. The topological polar surface area (TPSA) is 55.4 Å². The minimum absolute atomic E-state index is 0.245. The quantitative estimate of drug-likeness (QED) is 0.636. The average molecular weight is 335 g/mol. The Bertz CT molecular complexity index is 768. The van der Waals surface area contributed by atoms with E-state index in [1.165, 1.54) is 0 Å². The molecule has 0 bridgehead atoms. The molecule has 1 amide bonds. The first-order chi connectivity index (χ1) is 12.2. The van der Waals surface area contributed by atoms with E-state index >= 15 is 0 Å². The minimum Gasteiger partial charge on any atom is -0.456 e. The molecule has 0 aromatic heterocycles. The second-order valence-corrected chi connectivity index (χ2v) is 6.09. The van der Waals surface area contributed by atoms with Crippen molar-refractivity contribution in [1.82, 2.24) is 0 Å². The van der Waals surface area contributed by atoms with Crippen molar-refractivity contribution in [3.8, 4) is 11.1 Å². The number of amides is 1. The maximum absolute atomic E-state index is 12.1. The van der Waals surface area contributed by atoms with Gasteiger partial charge in [-0.25, -0.2) is 0 Å². The van der Waals surface area contributed by atoms with E-state index in [2.05, 4.69) is 11.4 Å². The third-order valence-electron chi connectivity index (χ3n) is 4.19. The van der Waals surface area contributed by atoms with Crippen molar-refractivity contribution in [1.29, 1.82) is 0 Å². The Kier molecular flexibility index (Phi) is 5.62. The molecule has 1 aliphatic rings. The van der Waals surface area contributed by atoms with Crippen LogP contribution in [0.4, 0.5) is 5.69 Å². The van der Waals surface area contributed by atoms with Crippen molar-refractivity contribution in [2.75, 3.05) is 11.9 Å². The van der Waals surface area contributed by atoms with Crippen LogP contribution in [0.15, 0.2) is 66.7 Å². The van der Waals surface area contributed by atoms with Gasteiger partial charge in [-0.05, 0) is 30.4 Å². The van der Waals surface area contributed by atoms with Gasteiger partial charge >= 0.3 is 5.97 Å². The molecule has 2 aromatic carbocycles. The Hall–Kier alpha value is -2.88. The Labute approximate surface area is 147 Å². The second kappa shape index (κ2) is 8.29. The highest BCUT2D eigenvalue weighted by Gasteiger charge is 2.16. The summed E-state index contributed by atoms with van der Waals surface area (Å²) in [5, 5.41) is 2.83. The van der Waals surface area contributed by atoms with Gasteiger partial charge in [0.1, 0.15) is 0 Å². The molecular formula is C21H21NO3. The summed E-state index contributed by atoms with van der Waals surface area (Å²) < 4.78 is 5.10. The molecule has 4 nitrogen and oxygen atoms in total. The molecule has 0 fully saturated rings. The van der Waals surface area contributed by atoms with Gasteiger partial charge in [0.2, 0.25) is 0 Å². The lowest BCUT2D eigenvalue weighted by Crippen LogP contribution is -2.21. The molecule has 0 spiro atoms. The smallest absolute Gasteiger partial charge is 0.306 e. The molecule has 0 saturated heterocycles. The van der Waals surface area contributed by atoms with Crippen LogP contribution in [-0.2, 0) is 14.3 Å². The fourth-order valence-electron chi connectivity index (χ4n) is 2.93. The van der Waals surface area contributed by atoms with Crippen molar-refractivity contribution in [3.63, 3.8) is 0 Å². The third kappa shape index (κ3) is 4.80. The summed E-state index contributed by atoms with van der Waals surface area (Å²) in [6.45, 7) is -0.265. The monoisotopic (exact) mass is 335 g/mol. The highest BCUT2D eigenvalue weighted by molar-refractivity contribution is 5.96. The number of rotatable bonds is 6. The zero-order valence-corrected chi connectivity index (χ0v) is 14.0. The van der Waals surface area contributed by atoms with Gasteiger partial charge in [-0.3, -0.25) is 9.59 Å². The van der Waals surface area contributed by atoms with Crippen LogP contribution in [0.25, 0.3) is 11.1 Å². The summed E-state index contributed by atoms with van der Waals surface area (Å²) in [7, 11) is 0. The molecule has 0 unspecified atom stereocenters. The lowest BCUT2D eigenvalue weighted by Gasteiger charge is -2.12. The average Bonchev–Trinajstić information content (AvgIpc) is 3.14. The molecule has 4 heteroatoms. The maximum Gasteiger partial charge on any atom is 0.306 e. The molecule has 1 atom stereocenters. The first-order valence-corrected chi connectivity index (χ1v) is 8.49. The molecule has 3 rings (SSSR count). The summed E-state index contributed by atoms with van der Waals surface area (Å²) >= 11 is 0. The summed E-state index contributed by atoms with van der Waals surface area (Å²) in [5.41, 5.74) is 2.65. The van der Waals surface area contributed by atoms with E-state index in [1.807, 2.05) is 60.7 Å². The van der Waals surface area contributed by atoms with Crippen LogP contribution in [-0.4, -0.2) is 18.5 Å². The lowest BCUT2D eigenvalue weighted by atomic mass is 10.0. The van der Waals surface area contributed by atoms with Crippen molar-refractivity contribution >= 4 is 17.6 Å². The highest BCUT2D eigenvalue weighted by atomic mass is 16.5. The van der Waals surface area contributed by atoms with E-state index in [0.29, 0.717) is 12.1 Å². The van der Waals surface area contributed by atoms with Gasteiger partial charge in [0, 0.05) is 11.3 Å². The van der Waals surface area contributed by atoms with Gasteiger partial charge in [0.15, 0.2) is 6.61 Å². The van der Waals surface area contributed by atoms with Crippen molar-refractivity contribution in [3.05, 3.63) is 66.7 Å². The van der Waals surface area contributed by atoms with Gasteiger partial charge in [0.05, 0.1) is 6.42 Å². The van der Waals surface area contributed by atoms with Crippen molar-refractivity contribution in [2.24, 2.45) is 5.92 Å². The van der Waals surface area contributed by atoms with E-state index in [9.17, 15) is 9.59 Å². The van der Waals surface area contributed by atoms with E-state index in [0.717, 1.165) is 24.0 Å². The Morgan fingerprint density at radius 2 is 1.80 bits per heavy atom. The molecule has 0 heterocycles. The van der Waals surface area contributed by atoms with Gasteiger partial charge in [-0.15, -0.1) is 0 Å². The van der Waals surface area contributed by atoms with E-state index in [-0.39, 0.29) is 24.4 Å². The van der Waals surface area contributed by atoms with Crippen LogP contribution < -0.4 is 5.32 Å². The number of ether oxygens (including phenoxy) is 1. The molecule has 2 aromatic rings. The number of hydrogen-bond acceptors (Lipinski definition) is 3. The molecule has 25 heavy (non-hydrogen) atoms. The summed E-state index contributed by atoms with van der Waals surface area (Å²) in [6.07, 6.45) is 6.44. The first kappa shape index (κ1) is 17.0. The van der Waals surface area contributed by atoms with Gasteiger partial charge in [-0.2, -0.15) is 0 Å². The fraction of sp³-hybridized carbons (Fsp3) is 0.238. The fourth-order valence-corrected chi connectivity index (χ4v) is 2.93. The normalized spacial score (nSPS) is 15.8.